The van der Waals surface area contributed by atoms with Crippen molar-refractivity contribution in [2.24, 2.45) is 5.92 Å². The van der Waals surface area contributed by atoms with Gasteiger partial charge in [0, 0.05) is 38.1 Å². The predicted octanol–water partition coefficient (Wildman–Crippen LogP) is 0.841. The van der Waals surface area contributed by atoms with Gasteiger partial charge in [-0.3, -0.25) is 4.98 Å². The van der Waals surface area contributed by atoms with Crippen molar-refractivity contribution in [1.82, 2.24) is 14.6 Å². The lowest BCUT2D eigenvalue weighted by molar-refractivity contribution is 0.220. The van der Waals surface area contributed by atoms with E-state index in [4.69, 9.17) is 0 Å². The van der Waals surface area contributed by atoms with Crippen molar-refractivity contribution < 1.29 is 8.42 Å². The van der Waals surface area contributed by atoms with Crippen molar-refractivity contribution in [3.63, 3.8) is 0 Å². The second-order valence-electron chi connectivity index (χ2n) is 5.24. The van der Waals surface area contributed by atoms with Gasteiger partial charge in [-0.25, -0.2) is 12.7 Å². The molecule has 6 heteroatoms. The fraction of sp³-hybridized carbons (Fsp3) is 0.615. The minimum Gasteiger partial charge on any atom is -0.310 e. The molecule has 1 aromatic heterocycles. The van der Waals surface area contributed by atoms with Gasteiger partial charge in [-0.05, 0) is 24.0 Å². The minimum absolute atomic E-state index is 0.320. The van der Waals surface area contributed by atoms with Gasteiger partial charge in [0.2, 0.25) is 10.0 Å². The Morgan fingerprint density at radius 3 is 2.89 bits per heavy atom. The molecule has 0 unspecified atom stereocenters. The van der Waals surface area contributed by atoms with Gasteiger partial charge in [-0.2, -0.15) is 0 Å². The molecule has 0 aromatic carbocycles. The van der Waals surface area contributed by atoms with Crippen LogP contribution >= 0.6 is 0 Å². The fourth-order valence-corrected chi connectivity index (χ4v) is 3.41. The Morgan fingerprint density at radius 2 is 2.32 bits per heavy atom. The first-order valence-electron chi connectivity index (χ1n) is 6.54. The highest BCUT2D eigenvalue weighted by Gasteiger charge is 2.29. The smallest absolute Gasteiger partial charge is 0.211 e. The maximum absolute atomic E-state index is 11.5. The third-order valence-corrected chi connectivity index (χ3v) is 4.90. The molecule has 0 saturated carbocycles. The van der Waals surface area contributed by atoms with Gasteiger partial charge in [0.05, 0.1) is 6.26 Å². The topological polar surface area (TPSA) is 62.3 Å². The van der Waals surface area contributed by atoms with Crippen LogP contribution in [0.5, 0.6) is 0 Å². The van der Waals surface area contributed by atoms with E-state index in [-0.39, 0.29) is 0 Å². The minimum atomic E-state index is -3.05. The van der Waals surface area contributed by atoms with Crippen LogP contribution in [0, 0.1) is 5.92 Å². The molecule has 2 atom stereocenters. The van der Waals surface area contributed by atoms with Crippen molar-refractivity contribution in [2.45, 2.75) is 25.9 Å². The van der Waals surface area contributed by atoms with E-state index in [9.17, 15) is 8.42 Å². The molecular formula is C13H21N3O2S. The summed E-state index contributed by atoms with van der Waals surface area (Å²) in [6.45, 7) is 4.08. The molecule has 1 saturated heterocycles. The quantitative estimate of drug-likeness (QED) is 0.889. The van der Waals surface area contributed by atoms with E-state index < -0.39 is 10.0 Å². The largest absolute Gasteiger partial charge is 0.310 e. The third kappa shape index (κ3) is 3.99. The van der Waals surface area contributed by atoms with Crippen molar-refractivity contribution >= 4 is 10.0 Å². The van der Waals surface area contributed by atoms with Crippen molar-refractivity contribution in [3.8, 4) is 0 Å². The molecule has 1 aromatic rings. The number of rotatable bonds is 4. The first-order chi connectivity index (χ1) is 8.97. The zero-order valence-corrected chi connectivity index (χ0v) is 12.2. The zero-order valence-electron chi connectivity index (χ0n) is 11.4. The van der Waals surface area contributed by atoms with Crippen LogP contribution in [0.15, 0.2) is 24.5 Å². The Morgan fingerprint density at radius 1 is 1.53 bits per heavy atom. The molecule has 0 amide bonds. The molecule has 5 nitrogen and oxygen atoms in total. The molecule has 1 N–H and O–H groups in total. The molecule has 106 valence electrons. The van der Waals surface area contributed by atoms with Gasteiger partial charge in [0.25, 0.3) is 0 Å². The fourth-order valence-electron chi connectivity index (χ4n) is 2.46. The monoisotopic (exact) mass is 283 g/mol. The summed E-state index contributed by atoms with van der Waals surface area (Å²) in [6, 6.07) is 4.32. The SMILES string of the molecule is C[C@@H]1CN(S(C)(=O)=O)CC[C@H]1NCc1cccnc1. The summed E-state index contributed by atoms with van der Waals surface area (Å²) >= 11 is 0. The van der Waals surface area contributed by atoms with E-state index in [2.05, 4.69) is 17.2 Å². The van der Waals surface area contributed by atoms with Crippen LogP contribution in [0.2, 0.25) is 0 Å². The highest BCUT2D eigenvalue weighted by molar-refractivity contribution is 7.88. The average molecular weight is 283 g/mol. The molecule has 1 aliphatic heterocycles. The Balaban J connectivity index is 1.87. The Bertz CT molecular complexity index is 504. The lowest BCUT2D eigenvalue weighted by Gasteiger charge is -2.36. The van der Waals surface area contributed by atoms with Crippen molar-refractivity contribution in [3.05, 3.63) is 30.1 Å². The van der Waals surface area contributed by atoms with Gasteiger partial charge in [0.1, 0.15) is 0 Å². The average Bonchev–Trinajstić information content (AvgIpc) is 2.37. The van der Waals surface area contributed by atoms with Gasteiger partial charge in [-0.15, -0.1) is 0 Å². The van der Waals surface area contributed by atoms with Crippen LogP contribution in [-0.4, -0.2) is 43.1 Å². The highest BCUT2D eigenvalue weighted by atomic mass is 32.2. The van der Waals surface area contributed by atoms with Gasteiger partial charge >= 0.3 is 0 Å². The summed E-state index contributed by atoms with van der Waals surface area (Å²) in [6.07, 6.45) is 5.75. The molecule has 0 aliphatic carbocycles. The molecule has 1 fully saturated rings. The van der Waals surface area contributed by atoms with E-state index >= 15 is 0 Å². The van der Waals surface area contributed by atoms with Gasteiger partial charge in [0.15, 0.2) is 0 Å². The molecule has 2 heterocycles. The van der Waals surface area contributed by atoms with Crippen LogP contribution < -0.4 is 5.32 Å². The molecule has 0 spiro atoms. The number of nitrogens with one attached hydrogen (secondary N) is 1. The first-order valence-corrected chi connectivity index (χ1v) is 8.39. The van der Waals surface area contributed by atoms with E-state index in [0.29, 0.717) is 25.0 Å². The van der Waals surface area contributed by atoms with Crippen LogP contribution in [0.25, 0.3) is 0 Å². The van der Waals surface area contributed by atoms with Crippen LogP contribution in [-0.2, 0) is 16.6 Å². The maximum atomic E-state index is 11.5. The van der Waals surface area contributed by atoms with Crippen LogP contribution in [0.1, 0.15) is 18.9 Å². The standard InChI is InChI=1S/C13H21N3O2S/c1-11-10-16(19(2,17)18)7-5-13(11)15-9-12-4-3-6-14-8-12/h3-4,6,8,11,13,15H,5,7,9-10H2,1-2H3/t11-,13-/m1/s1. The molecule has 0 bridgehead atoms. The second kappa shape index (κ2) is 5.98. The number of piperidine rings is 1. The van der Waals surface area contributed by atoms with Gasteiger partial charge < -0.3 is 5.32 Å². The summed E-state index contributed by atoms with van der Waals surface area (Å²) in [5.74, 6) is 0.320. The first kappa shape index (κ1) is 14.4. The normalized spacial score (nSPS) is 25.4. The lowest BCUT2D eigenvalue weighted by Crippen LogP contribution is -2.49. The number of hydrogen-bond acceptors (Lipinski definition) is 4. The van der Waals surface area contributed by atoms with Gasteiger partial charge in [-0.1, -0.05) is 13.0 Å². The number of nitrogens with zero attached hydrogens (tertiary/aromatic N) is 2. The number of pyridine rings is 1. The Kier molecular flexibility index (Phi) is 4.54. The Hall–Kier alpha value is -0.980. The molecule has 0 radical (unpaired) electrons. The zero-order chi connectivity index (χ0) is 13.9. The Labute approximate surface area is 115 Å². The molecular weight excluding hydrogens is 262 g/mol. The summed E-state index contributed by atoms with van der Waals surface area (Å²) < 4.78 is 24.6. The highest BCUT2D eigenvalue weighted by Crippen LogP contribution is 2.19. The third-order valence-electron chi connectivity index (χ3n) is 3.63. The molecule has 1 aliphatic rings. The van der Waals surface area contributed by atoms with E-state index in [1.807, 2.05) is 18.3 Å². The van der Waals surface area contributed by atoms with Crippen LogP contribution in [0.4, 0.5) is 0 Å². The van der Waals surface area contributed by atoms with E-state index in [1.54, 1.807) is 10.5 Å². The number of hydrogen-bond donors (Lipinski definition) is 1. The van der Waals surface area contributed by atoms with E-state index in [0.717, 1.165) is 18.5 Å². The number of aromatic nitrogens is 1. The maximum Gasteiger partial charge on any atom is 0.211 e. The predicted molar refractivity (Wildman–Crippen MR) is 75.1 cm³/mol. The molecule has 2 rings (SSSR count). The molecule has 19 heavy (non-hydrogen) atoms. The lowest BCUT2D eigenvalue weighted by atomic mass is 9.95. The summed E-state index contributed by atoms with van der Waals surface area (Å²) in [4.78, 5) is 4.08. The summed E-state index contributed by atoms with van der Waals surface area (Å²) in [5, 5.41) is 3.50. The van der Waals surface area contributed by atoms with Crippen molar-refractivity contribution in [2.75, 3.05) is 19.3 Å². The van der Waals surface area contributed by atoms with Crippen LogP contribution in [0.3, 0.4) is 0 Å². The van der Waals surface area contributed by atoms with E-state index in [1.165, 1.54) is 6.26 Å². The van der Waals surface area contributed by atoms with Crippen molar-refractivity contribution in [1.29, 1.82) is 0 Å². The summed E-state index contributed by atoms with van der Waals surface area (Å²) in [7, 11) is -3.05. The number of sulfonamides is 1. The second-order valence-corrected chi connectivity index (χ2v) is 7.22. The summed E-state index contributed by atoms with van der Waals surface area (Å²) in [5.41, 5.74) is 1.15.